The molecule has 2 aromatic rings. The maximum Gasteiger partial charge on any atom is 0.143 e. The molecule has 0 aliphatic heterocycles. The molecule has 0 aliphatic carbocycles. The summed E-state index contributed by atoms with van der Waals surface area (Å²) in [6, 6.07) is 0. The lowest BCUT2D eigenvalue weighted by atomic mass is 10.1. The van der Waals surface area contributed by atoms with Crippen LogP contribution in [0.4, 0.5) is 5.69 Å². The number of hydrogen-bond acceptors (Lipinski definition) is 4. The smallest absolute Gasteiger partial charge is 0.143 e. The Balaban J connectivity index is 0.00000112. The maximum atomic E-state index is 5.82. The van der Waals surface area contributed by atoms with Crippen LogP contribution in [0.1, 0.15) is 11.5 Å². The lowest BCUT2D eigenvalue weighted by Crippen LogP contribution is -1.90. The van der Waals surface area contributed by atoms with Crippen molar-refractivity contribution in [1.82, 2.24) is 14.9 Å². The molecule has 2 heterocycles. The summed E-state index contributed by atoms with van der Waals surface area (Å²) in [5.74, 6) is 0.743. The van der Waals surface area contributed by atoms with Crippen molar-refractivity contribution in [2.75, 3.05) is 5.73 Å². The highest BCUT2D eigenvalue weighted by Gasteiger charge is 2.16. The van der Waals surface area contributed by atoms with Gasteiger partial charge in [-0.15, -0.1) is 12.4 Å². The number of nitrogen functional groups attached to an aromatic ring is 1. The highest BCUT2D eigenvalue weighted by Crippen LogP contribution is 2.29. The fourth-order valence-electron chi connectivity index (χ4n) is 1.52. The Labute approximate surface area is 93.6 Å². The lowest BCUT2D eigenvalue weighted by Gasteiger charge is -1.95. The Kier molecular flexibility index (Phi) is 3.04. The van der Waals surface area contributed by atoms with E-state index in [0.717, 1.165) is 22.7 Å². The number of aryl methyl sites for hydroxylation is 3. The van der Waals surface area contributed by atoms with Crippen LogP contribution in [0.15, 0.2) is 10.7 Å². The summed E-state index contributed by atoms with van der Waals surface area (Å²) in [5.41, 5.74) is 8.90. The van der Waals surface area contributed by atoms with E-state index in [1.165, 1.54) is 0 Å². The summed E-state index contributed by atoms with van der Waals surface area (Å²) in [5, 5.41) is 8.13. The van der Waals surface area contributed by atoms with Crippen molar-refractivity contribution >= 4 is 18.1 Å². The predicted molar refractivity (Wildman–Crippen MR) is 59.8 cm³/mol. The first-order chi connectivity index (χ1) is 6.59. The SMILES string of the molecule is Cc1noc(C)c1-c1nn(C)cc1N.Cl. The summed E-state index contributed by atoms with van der Waals surface area (Å²) < 4.78 is 6.74. The molecule has 2 N–H and O–H groups in total. The molecule has 5 nitrogen and oxygen atoms in total. The van der Waals surface area contributed by atoms with Crippen LogP contribution in [-0.4, -0.2) is 14.9 Å². The molecule has 0 fully saturated rings. The Hall–Kier alpha value is -1.49. The molecule has 0 spiro atoms. The van der Waals surface area contributed by atoms with Gasteiger partial charge >= 0.3 is 0 Å². The topological polar surface area (TPSA) is 69.9 Å². The van der Waals surface area contributed by atoms with E-state index in [-0.39, 0.29) is 12.4 Å². The third kappa shape index (κ3) is 1.83. The van der Waals surface area contributed by atoms with E-state index >= 15 is 0 Å². The van der Waals surface area contributed by atoms with Crippen molar-refractivity contribution in [3.8, 4) is 11.3 Å². The van der Waals surface area contributed by atoms with Gasteiger partial charge in [0.05, 0.1) is 16.9 Å². The van der Waals surface area contributed by atoms with Crippen LogP contribution in [0.3, 0.4) is 0 Å². The predicted octanol–water partition coefficient (Wildman–Crippen LogP) is 1.70. The first kappa shape index (κ1) is 11.6. The average molecular weight is 229 g/mol. The molecule has 0 aromatic carbocycles. The molecule has 0 aliphatic rings. The minimum Gasteiger partial charge on any atom is -0.396 e. The van der Waals surface area contributed by atoms with Crippen LogP contribution < -0.4 is 5.73 Å². The van der Waals surface area contributed by atoms with E-state index in [0.29, 0.717) is 5.69 Å². The van der Waals surface area contributed by atoms with Gasteiger partial charge in [-0.2, -0.15) is 5.10 Å². The van der Waals surface area contributed by atoms with Crippen molar-refractivity contribution in [3.05, 3.63) is 17.7 Å². The molecule has 6 heteroatoms. The van der Waals surface area contributed by atoms with E-state index < -0.39 is 0 Å². The van der Waals surface area contributed by atoms with Crippen LogP contribution in [0.25, 0.3) is 11.3 Å². The zero-order valence-electron chi connectivity index (χ0n) is 8.81. The van der Waals surface area contributed by atoms with Gasteiger partial charge in [0.1, 0.15) is 11.5 Å². The molecule has 0 saturated heterocycles. The Bertz CT molecular complexity index is 455. The number of anilines is 1. The zero-order chi connectivity index (χ0) is 10.3. The van der Waals surface area contributed by atoms with Gasteiger partial charge in [0.2, 0.25) is 0 Å². The Morgan fingerprint density at radius 3 is 2.47 bits per heavy atom. The van der Waals surface area contributed by atoms with Crippen molar-refractivity contribution in [2.24, 2.45) is 7.05 Å². The van der Waals surface area contributed by atoms with Crippen LogP contribution >= 0.6 is 12.4 Å². The molecule has 2 aromatic heterocycles. The van der Waals surface area contributed by atoms with E-state index in [1.807, 2.05) is 20.9 Å². The van der Waals surface area contributed by atoms with Crippen LogP contribution in [0.5, 0.6) is 0 Å². The second-order valence-corrected chi connectivity index (χ2v) is 3.31. The van der Waals surface area contributed by atoms with Gasteiger partial charge < -0.3 is 10.3 Å². The standard InChI is InChI=1S/C9H12N4O.ClH/c1-5-8(6(2)14-12-5)9-7(10)4-13(3)11-9;/h4H,10H2,1-3H3;1H. The van der Waals surface area contributed by atoms with Crippen LogP contribution in [0, 0.1) is 13.8 Å². The fourth-order valence-corrected chi connectivity index (χ4v) is 1.52. The maximum absolute atomic E-state index is 5.82. The number of aromatic nitrogens is 3. The molecule has 0 bridgehead atoms. The molecule has 15 heavy (non-hydrogen) atoms. The Morgan fingerprint density at radius 1 is 1.40 bits per heavy atom. The van der Waals surface area contributed by atoms with E-state index in [2.05, 4.69) is 10.3 Å². The van der Waals surface area contributed by atoms with Gasteiger partial charge in [0.25, 0.3) is 0 Å². The molecular formula is C9H13ClN4O. The van der Waals surface area contributed by atoms with Crippen molar-refractivity contribution in [3.63, 3.8) is 0 Å². The zero-order valence-corrected chi connectivity index (χ0v) is 9.63. The third-order valence-electron chi connectivity index (χ3n) is 2.13. The van der Waals surface area contributed by atoms with Gasteiger partial charge in [0.15, 0.2) is 0 Å². The summed E-state index contributed by atoms with van der Waals surface area (Å²) in [4.78, 5) is 0. The highest BCUT2D eigenvalue weighted by atomic mass is 35.5. The largest absolute Gasteiger partial charge is 0.396 e. The van der Waals surface area contributed by atoms with Crippen molar-refractivity contribution in [1.29, 1.82) is 0 Å². The van der Waals surface area contributed by atoms with E-state index in [4.69, 9.17) is 10.3 Å². The van der Waals surface area contributed by atoms with Crippen molar-refractivity contribution < 1.29 is 4.52 Å². The normalized spacial score (nSPS) is 10.1. The summed E-state index contributed by atoms with van der Waals surface area (Å²) in [6.45, 7) is 3.73. The third-order valence-corrected chi connectivity index (χ3v) is 2.13. The molecule has 0 amide bonds. The number of hydrogen-bond donors (Lipinski definition) is 1. The number of nitrogens with two attached hydrogens (primary N) is 1. The first-order valence-electron chi connectivity index (χ1n) is 4.32. The van der Waals surface area contributed by atoms with Gasteiger partial charge in [0, 0.05) is 13.2 Å². The average Bonchev–Trinajstić information content (AvgIpc) is 2.57. The molecule has 0 atom stereocenters. The minimum absolute atomic E-state index is 0. The lowest BCUT2D eigenvalue weighted by molar-refractivity contribution is 0.393. The molecule has 0 unspecified atom stereocenters. The number of nitrogens with zero attached hydrogens (tertiary/aromatic N) is 3. The van der Waals surface area contributed by atoms with Gasteiger partial charge in [-0.05, 0) is 13.8 Å². The quantitative estimate of drug-likeness (QED) is 0.807. The van der Waals surface area contributed by atoms with E-state index in [1.54, 1.807) is 10.9 Å². The van der Waals surface area contributed by atoms with Crippen molar-refractivity contribution in [2.45, 2.75) is 13.8 Å². The molecule has 2 rings (SSSR count). The molecule has 0 saturated carbocycles. The highest BCUT2D eigenvalue weighted by molar-refractivity contribution is 5.85. The molecule has 0 radical (unpaired) electrons. The number of halogens is 1. The summed E-state index contributed by atoms with van der Waals surface area (Å²) in [6.07, 6.45) is 1.77. The fraction of sp³-hybridized carbons (Fsp3) is 0.333. The van der Waals surface area contributed by atoms with Gasteiger partial charge in [-0.1, -0.05) is 5.16 Å². The second kappa shape index (κ2) is 3.94. The van der Waals surface area contributed by atoms with E-state index in [9.17, 15) is 0 Å². The van der Waals surface area contributed by atoms with Gasteiger partial charge in [-0.25, -0.2) is 0 Å². The van der Waals surface area contributed by atoms with Crippen LogP contribution in [-0.2, 0) is 7.05 Å². The number of rotatable bonds is 1. The summed E-state index contributed by atoms with van der Waals surface area (Å²) in [7, 11) is 1.83. The monoisotopic (exact) mass is 228 g/mol. The Morgan fingerprint density at radius 2 is 2.07 bits per heavy atom. The molecule has 82 valence electrons. The minimum atomic E-state index is 0. The van der Waals surface area contributed by atoms with Gasteiger partial charge in [-0.3, -0.25) is 4.68 Å². The van der Waals surface area contributed by atoms with Crippen LogP contribution in [0.2, 0.25) is 0 Å². The first-order valence-corrected chi connectivity index (χ1v) is 4.32. The second-order valence-electron chi connectivity index (χ2n) is 3.31. The molecular weight excluding hydrogens is 216 g/mol. The summed E-state index contributed by atoms with van der Waals surface area (Å²) >= 11 is 0.